The van der Waals surface area contributed by atoms with Gasteiger partial charge in [0.1, 0.15) is 5.78 Å². The molecule has 2 heterocycles. The molecule has 0 saturated heterocycles. The van der Waals surface area contributed by atoms with Gasteiger partial charge in [0, 0.05) is 28.3 Å². The van der Waals surface area contributed by atoms with E-state index in [1.165, 1.54) is 23.1 Å². The summed E-state index contributed by atoms with van der Waals surface area (Å²) >= 11 is 2.87. The number of unbranched alkanes of at least 4 members (excludes halogenated alkanes) is 2. The van der Waals surface area contributed by atoms with Crippen LogP contribution in [0, 0.1) is 11.3 Å². The van der Waals surface area contributed by atoms with Crippen molar-refractivity contribution in [2.75, 3.05) is 11.1 Å². The highest BCUT2D eigenvalue weighted by Gasteiger charge is 2.35. The fourth-order valence-corrected chi connectivity index (χ4v) is 5.42. The molecule has 1 amide bonds. The maximum atomic E-state index is 13.3. The van der Waals surface area contributed by atoms with Gasteiger partial charge in [0.15, 0.2) is 0 Å². The van der Waals surface area contributed by atoms with Crippen LogP contribution in [0.5, 0.6) is 0 Å². The maximum Gasteiger partial charge on any atom is 0.254 e. The van der Waals surface area contributed by atoms with Crippen molar-refractivity contribution in [2.45, 2.75) is 45.4 Å². The molecule has 0 saturated carbocycles. The number of rotatable bonds is 10. The van der Waals surface area contributed by atoms with Gasteiger partial charge in [-0.25, -0.2) is 0 Å². The maximum absolute atomic E-state index is 13.3. The van der Waals surface area contributed by atoms with Gasteiger partial charge < -0.3 is 10.6 Å². The number of allylic oxidation sites excluding steroid dienone is 2. The normalized spacial score (nSPS) is 15.8. The number of thioether (sulfide) groups is 1. The molecule has 0 spiro atoms. The summed E-state index contributed by atoms with van der Waals surface area (Å²) in [6.45, 7) is 3.96. The third-order valence-corrected chi connectivity index (χ3v) is 7.20. The monoisotopic (exact) mass is 465 g/mol. The summed E-state index contributed by atoms with van der Waals surface area (Å²) in [5.41, 5.74) is 2.38. The predicted octanol–water partition coefficient (Wildman–Crippen LogP) is 5.97. The first-order valence-electron chi connectivity index (χ1n) is 10.7. The van der Waals surface area contributed by atoms with E-state index < -0.39 is 5.92 Å². The van der Waals surface area contributed by atoms with Crippen molar-refractivity contribution >= 4 is 40.5 Å². The van der Waals surface area contributed by atoms with Crippen LogP contribution in [0.15, 0.2) is 69.7 Å². The van der Waals surface area contributed by atoms with E-state index in [-0.39, 0.29) is 11.7 Å². The highest BCUT2D eigenvalue weighted by molar-refractivity contribution is 8.03. The molecule has 0 radical (unpaired) electrons. The summed E-state index contributed by atoms with van der Waals surface area (Å²) in [6, 6.07) is 15.4. The van der Waals surface area contributed by atoms with Crippen molar-refractivity contribution in [2.24, 2.45) is 0 Å². The Morgan fingerprint density at radius 2 is 1.97 bits per heavy atom. The molecule has 1 aromatic carbocycles. The molecular formula is C25H27N3O2S2. The van der Waals surface area contributed by atoms with Crippen LogP contribution in [-0.4, -0.2) is 17.4 Å². The molecule has 5 nitrogen and oxygen atoms in total. The van der Waals surface area contributed by atoms with Gasteiger partial charge in [0.05, 0.1) is 28.3 Å². The topological polar surface area (TPSA) is 82.0 Å². The van der Waals surface area contributed by atoms with Crippen LogP contribution in [0.1, 0.15) is 50.3 Å². The molecule has 166 valence electrons. The summed E-state index contributed by atoms with van der Waals surface area (Å²) in [5.74, 6) is -0.223. The van der Waals surface area contributed by atoms with Crippen LogP contribution in [0.2, 0.25) is 0 Å². The van der Waals surface area contributed by atoms with Gasteiger partial charge in [-0.05, 0) is 36.9 Å². The number of amides is 1. The Morgan fingerprint density at radius 3 is 2.62 bits per heavy atom. The third kappa shape index (κ3) is 5.90. The van der Waals surface area contributed by atoms with Gasteiger partial charge in [-0.1, -0.05) is 55.8 Å². The Morgan fingerprint density at radius 1 is 1.19 bits per heavy atom. The van der Waals surface area contributed by atoms with Crippen molar-refractivity contribution in [1.82, 2.24) is 5.32 Å². The van der Waals surface area contributed by atoms with Crippen LogP contribution in [-0.2, 0) is 9.59 Å². The third-order valence-electron chi connectivity index (χ3n) is 5.19. The molecule has 32 heavy (non-hydrogen) atoms. The number of para-hydroxylation sites is 1. The van der Waals surface area contributed by atoms with E-state index in [2.05, 4.69) is 23.6 Å². The summed E-state index contributed by atoms with van der Waals surface area (Å²) in [5, 5.41) is 18.8. The average molecular weight is 466 g/mol. The number of nitrogens with zero attached hydrogens (tertiary/aromatic N) is 1. The quantitative estimate of drug-likeness (QED) is 0.423. The fraction of sp³-hybridized carbons (Fsp3) is 0.320. The lowest BCUT2D eigenvalue weighted by atomic mass is 9.86. The number of Topliss-reactive ketones (excluding diaryl/α,β-unsaturated/α-hetero) is 1. The van der Waals surface area contributed by atoms with Crippen LogP contribution < -0.4 is 10.6 Å². The number of nitriles is 1. The highest BCUT2D eigenvalue weighted by Crippen LogP contribution is 2.42. The van der Waals surface area contributed by atoms with E-state index in [0.717, 1.165) is 24.1 Å². The van der Waals surface area contributed by atoms with Crippen molar-refractivity contribution < 1.29 is 9.59 Å². The molecule has 1 aliphatic heterocycles. The number of dihydropyridines is 1. The average Bonchev–Trinajstić information content (AvgIpc) is 3.32. The zero-order valence-electron chi connectivity index (χ0n) is 18.3. The van der Waals surface area contributed by atoms with E-state index in [9.17, 15) is 14.9 Å². The number of hydrogen-bond donors (Lipinski definition) is 2. The minimum atomic E-state index is -0.470. The summed E-state index contributed by atoms with van der Waals surface area (Å²) in [6.07, 6.45) is 3.58. The Balaban J connectivity index is 1.86. The lowest BCUT2D eigenvalue weighted by Crippen LogP contribution is -2.30. The van der Waals surface area contributed by atoms with Gasteiger partial charge in [0.2, 0.25) is 0 Å². The molecule has 1 aromatic heterocycles. The van der Waals surface area contributed by atoms with Crippen molar-refractivity contribution in [1.29, 1.82) is 5.26 Å². The number of hydrogen-bond acceptors (Lipinski definition) is 6. The second-order valence-electron chi connectivity index (χ2n) is 7.57. The molecule has 1 atom stereocenters. The standard InChI is InChI=1S/C25H27N3O2S2/c1-3-4-6-12-19(29)16-32-25-20(15-26)23(21-13-9-14-31-21)22(17(2)27-25)24(30)28-18-10-7-5-8-11-18/h5,7-11,13-14,23,27H,3-4,6,12,16H2,1-2H3,(H,28,30). The second kappa shape index (κ2) is 11.7. The molecule has 1 unspecified atom stereocenters. The molecule has 2 N–H and O–H groups in total. The minimum absolute atomic E-state index is 0.178. The van der Waals surface area contributed by atoms with Crippen LogP contribution >= 0.6 is 23.1 Å². The van der Waals surface area contributed by atoms with Crippen LogP contribution in [0.4, 0.5) is 5.69 Å². The number of nitrogens with one attached hydrogen (secondary N) is 2. The van der Waals surface area contributed by atoms with Crippen molar-refractivity contribution in [3.8, 4) is 6.07 Å². The van der Waals surface area contributed by atoms with Gasteiger partial charge in [-0.15, -0.1) is 11.3 Å². The molecule has 2 aromatic rings. The first-order valence-corrected chi connectivity index (χ1v) is 12.6. The van der Waals surface area contributed by atoms with Gasteiger partial charge in [-0.3, -0.25) is 9.59 Å². The van der Waals surface area contributed by atoms with Crippen molar-refractivity contribution in [3.63, 3.8) is 0 Å². The fourth-order valence-electron chi connectivity index (χ4n) is 3.58. The molecule has 7 heteroatoms. The minimum Gasteiger partial charge on any atom is -0.353 e. The molecule has 0 fully saturated rings. The number of benzene rings is 1. The highest BCUT2D eigenvalue weighted by atomic mass is 32.2. The summed E-state index contributed by atoms with van der Waals surface area (Å²) in [4.78, 5) is 26.5. The number of carbonyl (C=O) groups excluding carboxylic acids is 2. The number of thiophene rings is 1. The molecule has 1 aliphatic rings. The van der Waals surface area contributed by atoms with Crippen LogP contribution in [0.25, 0.3) is 0 Å². The number of ketones is 1. The zero-order chi connectivity index (χ0) is 22.9. The Hall–Kier alpha value is -2.82. The van der Waals surface area contributed by atoms with Gasteiger partial charge in [0.25, 0.3) is 5.91 Å². The van der Waals surface area contributed by atoms with Crippen molar-refractivity contribution in [3.05, 3.63) is 74.6 Å². The zero-order valence-corrected chi connectivity index (χ0v) is 19.9. The molecule has 0 bridgehead atoms. The first kappa shape index (κ1) is 23.8. The number of anilines is 1. The molecule has 3 rings (SSSR count). The van der Waals surface area contributed by atoms with Crippen LogP contribution in [0.3, 0.4) is 0 Å². The Labute approximate surface area is 197 Å². The lowest BCUT2D eigenvalue weighted by Gasteiger charge is -2.29. The SMILES string of the molecule is CCCCCC(=O)CSC1=C(C#N)C(c2cccs2)C(C(=O)Nc2ccccc2)=C(C)N1. The number of carbonyl (C=O) groups is 2. The Bertz CT molecular complexity index is 1050. The van der Waals surface area contributed by atoms with E-state index in [1.54, 1.807) is 0 Å². The molecular weight excluding hydrogens is 438 g/mol. The first-order chi connectivity index (χ1) is 15.5. The summed E-state index contributed by atoms with van der Waals surface area (Å²) < 4.78 is 0. The Kier molecular flexibility index (Phi) is 8.72. The largest absolute Gasteiger partial charge is 0.353 e. The van der Waals surface area contributed by atoms with Gasteiger partial charge >= 0.3 is 0 Å². The predicted molar refractivity (Wildman–Crippen MR) is 132 cm³/mol. The smallest absolute Gasteiger partial charge is 0.254 e. The second-order valence-corrected chi connectivity index (χ2v) is 9.54. The van der Waals surface area contributed by atoms with E-state index in [4.69, 9.17) is 0 Å². The van der Waals surface area contributed by atoms with Gasteiger partial charge in [-0.2, -0.15) is 5.26 Å². The summed E-state index contributed by atoms with van der Waals surface area (Å²) in [7, 11) is 0. The van der Waals surface area contributed by atoms with E-state index in [0.29, 0.717) is 39.7 Å². The van der Waals surface area contributed by atoms with E-state index >= 15 is 0 Å². The van der Waals surface area contributed by atoms with E-state index in [1.807, 2.05) is 54.8 Å². The lowest BCUT2D eigenvalue weighted by molar-refractivity contribution is -0.116. The molecule has 0 aliphatic carbocycles.